The zero-order chi connectivity index (χ0) is 23.8. The Kier molecular flexibility index (Phi) is 8.65. The van der Waals surface area contributed by atoms with Gasteiger partial charge in [0, 0.05) is 43.3 Å². The maximum Gasteiger partial charge on any atom is 0.232 e. The van der Waals surface area contributed by atoms with Crippen molar-refractivity contribution < 1.29 is 13.9 Å². The van der Waals surface area contributed by atoms with E-state index < -0.39 is 5.41 Å². The zero-order valence-electron chi connectivity index (χ0n) is 19.3. The lowest BCUT2D eigenvalue weighted by molar-refractivity contribution is 0.0182. The Morgan fingerprint density at radius 1 is 1.21 bits per heavy atom. The van der Waals surface area contributed by atoms with E-state index in [4.69, 9.17) is 21.1 Å². The number of rotatable bonds is 9. The molecule has 3 heterocycles. The van der Waals surface area contributed by atoms with Crippen LogP contribution in [0.3, 0.4) is 0 Å². The fourth-order valence-electron chi connectivity index (χ4n) is 4.73. The van der Waals surface area contributed by atoms with Gasteiger partial charge >= 0.3 is 0 Å². The summed E-state index contributed by atoms with van der Waals surface area (Å²) in [6.07, 6.45) is 11.4. The van der Waals surface area contributed by atoms with Crippen LogP contribution in [0.5, 0.6) is 5.88 Å². The van der Waals surface area contributed by atoms with E-state index in [9.17, 15) is 9.65 Å². The van der Waals surface area contributed by atoms with E-state index in [0.29, 0.717) is 61.2 Å². The van der Waals surface area contributed by atoms with E-state index >= 15 is 0 Å². The van der Waals surface area contributed by atoms with E-state index in [1.165, 1.54) is 0 Å². The van der Waals surface area contributed by atoms with Crippen LogP contribution in [0.1, 0.15) is 44.2 Å². The molecule has 2 aromatic rings. The standard InChI is InChI=1S/C25H31ClFN5O2/c26-22-13-31-20(11-18-1-3-19(4-2-18)30-8-7-27)12-21(22)23-14-29-15-24(32-23)34-17-25(16-28)5-9-33-10-6-25/h12-15,18-19,30H,1-11,17H2. The number of ether oxygens (including phenoxy) is 2. The maximum atomic E-state index is 12.4. The Bertz CT molecular complexity index is 988. The summed E-state index contributed by atoms with van der Waals surface area (Å²) in [5, 5.41) is 13.4. The molecule has 1 aliphatic carbocycles. The van der Waals surface area contributed by atoms with Crippen LogP contribution in [-0.2, 0) is 11.2 Å². The normalized spacial score (nSPS) is 22.1. The van der Waals surface area contributed by atoms with E-state index in [1.807, 2.05) is 6.07 Å². The summed E-state index contributed by atoms with van der Waals surface area (Å²) in [6, 6.07) is 4.80. The molecule has 182 valence electrons. The molecule has 1 N–H and O–H groups in total. The summed E-state index contributed by atoms with van der Waals surface area (Å²) in [7, 11) is 0. The highest BCUT2D eigenvalue weighted by Crippen LogP contribution is 2.32. The summed E-state index contributed by atoms with van der Waals surface area (Å²) in [5.74, 6) is 0.916. The van der Waals surface area contributed by atoms with Gasteiger partial charge in [0.15, 0.2) is 0 Å². The second kappa shape index (κ2) is 11.9. The van der Waals surface area contributed by atoms with Crippen molar-refractivity contribution in [2.24, 2.45) is 11.3 Å². The highest BCUT2D eigenvalue weighted by Gasteiger charge is 2.34. The molecule has 2 aliphatic rings. The van der Waals surface area contributed by atoms with Gasteiger partial charge in [-0.3, -0.25) is 9.97 Å². The van der Waals surface area contributed by atoms with Crippen molar-refractivity contribution in [2.45, 2.75) is 51.0 Å². The number of hydrogen-bond donors (Lipinski definition) is 1. The summed E-state index contributed by atoms with van der Waals surface area (Å²) in [6.45, 7) is 1.50. The molecule has 2 fully saturated rings. The van der Waals surface area contributed by atoms with Crippen molar-refractivity contribution in [1.29, 1.82) is 5.26 Å². The van der Waals surface area contributed by atoms with Crippen LogP contribution < -0.4 is 10.1 Å². The number of nitriles is 1. The van der Waals surface area contributed by atoms with Gasteiger partial charge in [-0.25, -0.2) is 9.37 Å². The monoisotopic (exact) mass is 487 g/mol. The Balaban J connectivity index is 1.40. The molecule has 2 aromatic heterocycles. The van der Waals surface area contributed by atoms with Crippen LogP contribution in [0.15, 0.2) is 24.7 Å². The Morgan fingerprint density at radius 3 is 2.74 bits per heavy atom. The molecule has 0 amide bonds. The quantitative estimate of drug-likeness (QED) is 0.554. The average Bonchev–Trinajstić information content (AvgIpc) is 2.89. The largest absolute Gasteiger partial charge is 0.475 e. The van der Waals surface area contributed by atoms with Crippen LogP contribution in [0, 0.1) is 22.7 Å². The third kappa shape index (κ3) is 6.41. The third-order valence-corrected chi connectivity index (χ3v) is 7.16. The summed E-state index contributed by atoms with van der Waals surface area (Å²) < 4.78 is 23.7. The lowest BCUT2D eigenvalue weighted by atomic mass is 9.83. The van der Waals surface area contributed by atoms with E-state index in [-0.39, 0.29) is 13.3 Å². The van der Waals surface area contributed by atoms with Gasteiger partial charge in [0.2, 0.25) is 5.88 Å². The molecule has 0 atom stereocenters. The summed E-state index contributed by atoms with van der Waals surface area (Å²) in [5.41, 5.74) is 1.79. The van der Waals surface area contributed by atoms with E-state index in [0.717, 1.165) is 43.4 Å². The number of alkyl halides is 1. The first-order valence-electron chi connectivity index (χ1n) is 12.0. The van der Waals surface area contributed by atoms with Gasteiger partial charge in [-0.15, -0.1) is 0 Å². The minimum absolute atomic E-state index is 0.253. The first-order chi connectivity index (χ1) is 16.6. The molecule has 1 saturated carbocycles. The molecule has 0 bridgehead atoms. The van der Waals surface area contributed by atoms with Gasteiger partial charge in [0.05, 0.1) is 34.6 Å². The number of nitrogens with zero attached hydrogens (tertiary/aromatic N) is 4. The second-order valence-electron chi connectivity index (χ2n) is 9.26. The molecule has 0 aromatic carbocycles. The van der Waals surface area contributed by atoms with Crippen LogP contribution in [-0.4, -0.2) is 54.0 Å². The Morgan fingerprint density at radius 2 is 2.00 bits per heavy atom. The van der Waals surface area contributed by atoms with Gasteiger partial charge < -0.3 is 14.8 Å². The van der Waals surface area contributed by atoms with Gasteiger partial charge in [-0.05, 0) is 56.9 Å². The van der Waals surface area contributed by atoms with Gasteiger partial charge in [0.25, 0.3) is 0 Å². The van der Waals surface area contributed by atoms with Gasteiger partial charge in [-0.2, -0.15) is 5.26 Å². The Labute approximate surface area is 205 Å². The Hall–Kier alpha value is -2.34. The predicted octanol–water partition coefficient (Wildman–Crippen LogP) is 4.55. The van der Waals surface area contributed by atoms with E-state index in [2.05, 4.69) is 26.3 Å². The predicted molar refractivity (Wildman–Crippen MR) is 127 cm³/mol. The van der Waals surface area contributed by atoms with Crippen LogP contribution in [0.25, 0.3) is 11.3 Å². The number of nitrogens with one attached hydrogen (secondary N) is 1. The molecular weight excluding hydrogens is 457 g/mol. The van der Waals surface area contributed by atoms with Crippen molar-refractivity contribution in [3.63, 3.8) is 0 Å². The van der Waals surface area contributed by atoms with Crippen LogP contribution in [0.2, 0.25) is 5.02 Å². The fraction of sp³-hybridized carbons (Fsp3) is 0.600. The first kappa shape index (κ1) is 24.8. The minimum atomic E-state index is -0.558. The maximum absolute atomic E-state index is 12.4. The lowest BCUT2D eigenvalue weighted by Gasteiger charge is -2.30. The number of halogens is 2. The van der Waals surface area contributed by atoms with Crippen molar-refractivity contribution in [3.05, 3.63) is 35.4 Å². The molecule has 4 rings (SSSR count). The molecule has 0 radical (unpaired) electrons. The van der Waals surface area contributed by atoms with Gasteiger partial charge in [-0.1, -0.05) is 11.6 Å². The third-order valence-electron chi connectivity index (χ3n) is 6.86. The van der Waals surface area contributed by atoms with Crippen LogP contribution >= 0.6 is 11.6 Å². The topological polar surface area (TPSA) is 93.0 Å². The number of aromatic nitrogens is 3. The van der Waals surface area contributed by atoms with Crippen molar-refractivity contribution in [1.82, 2.24) is 20.3 Å². The zero-order valence-corrected chi connectivity index (χ0v) is 20.1. The average molecular weight is 488 g/mol. The highest BCUT2D eigenvalue weighted by molar-refractivity contribution is 6.33. The molecule has 9 heteroatoms. The highest BCUT2D eigenvalue weighted by atomic mass is 35.5. The molecule has 1 saturated heterocycles. The van der Waals surface area contributed by atoms with Crippen molar-refractivity contribution >= 4 is 11.6 Å². The van der Waals surface area contributed by atoms with Gasteiger partial charge in [0.1, 0.15) is 13.3 Å². The second-order valence-corrected chi connectivity index (χ2v) is 9.66. The minimum Gasteiger partial charge on any atom is -0.475 e. The first-order valence-corrected chi connectivity index (χ1v) is 12.4. The summed E-state index contributed by atoms with van der Waals surface area (Å²) in [4.78, 5) is 13.4. The fourth-order valence-corrected chi connectivity index (χ4v) is 4.93. The van der Waals surface area contributed by atoms with Crippen molar-refractivity contribution in [2.75, 3.05) is 33.0 Å². The number of hydrogen-bond acceptors (Lipinski definition) is 7. The molecule has 7 nitrogen and oxygen atoms in total. The number of pyridine rings is 1. The SMILES string of the molecule is N#CC1(COc2cncc(-c3cc(CC4CCC(NCCF)CC4)ncc3Cl)n2)CCOCC1. The van der Waals surface area contributed by atoms with Crippen molar-refractivity contribution in [3.8, 4) is 23.2 Å². The summed E-state index contributed by atoms with van der Waals surface area (Å²) >= 11 is 6.47. The molecule has 34 heavy (non-hydrogen) atoms. The van der Waals surface area contributed by atoms with E-state index in [1.54, 1.807) is 18.6 Å². The molecule has 1 aliphatic heterocycles. The molecular formula is C25H31ClFN5O2. The van der Waals surface area contributed by atoms with Crippen LogP contribution in [0.4, 0.5) is 4.39 Å². The molecule has 0 unspecified atom stereocenters. The lowest BCUT2D eigenvalue weighted by Crippen LogP contribution is -2.34. The molecule has 0 spiro atoms. The smallest absolute Gasteiger partial charge is 0.232 e.